The molecule has 1 saturated heterocycles. The van der Waals surface area contributed by atoms with E-state index in [0.29, 0.717) is 18.1 Å². The Bertz CT molecular complexity index is 422. The Morgan fingerprint density at radius 3 is 2.83 bits per heavy atom. The van der Waals surface area contributed by atoms with Gasteiger partial charge in [-0.15, -0.1) is 0 Å². The Balaban J connectivity index is 1.67. The summed E-state index contributed by atoms with van der Waals surface area (Å²) in [6, 6.07) is 9.89. The number of nitrogens with one attached hydrogen (secondary N) is 2. The Morgan fingerprint density at radius 1 is 1.39 bits per heavy atom. The second kappa shape index (κ2) is 6.35. The van der Waals surface area contributed by atoms with Crippen LogP contribution in [0.2, 0.25) is 0 Å². The summed E-state index contributed by atoms with van der Waals surface area (Å²) < 4.78 is 4.85. The average Bonchev–Trinajstić information content (AvgIpc) is 2.76. The fourth-order valence-corrected chi connectivity index (χ4v) is 2.05. The minimum atomic E-state index is -0.290. The molecule has 1 aliphatic rings. The third kappa shape index (κ3) is 3.70. The van der Waals surface area contributed by atoms with Gasteiger partial charge in [0.15, 0.2) is 5.11 Å². The molecule has 0 aliphatic carbocycles. The fourth-order valence-electron chi connectivity index (χ4n) is 1.80. The van der Waals surface area contributed by atoms with E-state index in [2.05, 4.69) is 22.8 Å². The van der Waals surface area contributed by atoms with Gasteiger partial charge in [-0.05, 0) is 24.2 Å². The fraction of sp³-hybridized carbons (Fsp3) is 0.385. The van der Waals surface area contributed by atoms with Crippen LogP contribution in [-0.4, -0.2) is 30.3 Å². The van der Waals surface area contributed by atoms with Gasteiger partial charge in [-0.25, -0.2) is 4.79 Å². The largest absolute Gasteiger partial charge is 0.464 e. The van der Waals surface area contributed by atoms with Gasteiger partial charge < -0.3 is 15.4 Å². The molecule has 4 nitrogen and oxygen atoms in total. The molecule has 1 heterocycles. The molecule has 1 aromatic rings. The van der Waals surface area contributed by atoms with E-state index in [1.165, 1.54) is 5.56 Å². The summed E-state index contributed by atoms with van der Waals surface area (Å²) in [5.41, 5.74) is 1.26. The van der Waals surface area contributed by atoms with Crippen LogP contribution in [0.15, 0.2) is 30.3 Å². The summed E-state index contributed by atoms with van der Waals surface area (Å²) in [7, 11) is 0. The molecule has 1 atom stereocenters. The maximum absolute atomic E-state index is 11.2. The summed E-state index contributed by atoms with van der Waals surface area (Å²) in [4.78, 5) is 11.2. The number of carbonyl (C=O) groups excluding carboxylic acids is 1. The molecule has 96 valence electrons. The highest BCUT2D eigenvalue weighted by molar-refractivity contribution is 7.80. The summed E-state index contributed by atoms with van der Waals surface area (Å²) in [5.74, 6) is -0.220. The number of rotatable bonds is 4. The minimum Gasteiger partial charge on any atom is -0.464 e. The maximum atomic E-state index is 11.2. The number of thiocarbonyl (C=S) groups is 1. The number of ether oxygens (including phenoxy) is 1. The van der Waals surface area contributed by atoms with Crippen molar-refractivity contribution in [2.75, 3.05) is 13.2 Å². The maximum Gasteiger partial charge on any atom is 0.328 e. The van der Waals surface area contributed by atoms with Crippen LogP contribution < -0.4 is 10.6 Å². The Labute approximate surface area is 112 Å². The summed E-state index contributed by atoms with van der Waals surface area (Å²) in [5, 5.41) is 6.56. The molecule has 0 saturated carbocycles. The zero-order chi connectivity index (χ0) is 12.8. The first-order chi connectivity index (χ1) is 8.75. The molecule has 1 fully saturated rings. The monoisotopic (exact) mass is 264 g/mol. The molecule has 2 rings (SSSR count). The third-order valence-electron chi connectivity index (χ3n) is 2.78. The van der Waals surface area contributed by atoms with Crippen molar-refractivity contribution in [3.63, 3.8) is 0 Å². The van der Waals surface area contributed by atoms with Crippen LogP contribution >= 0.6 is 12.2 Å². The van der Waals surface area contributed by atoms with Gasteiger partial charge in [0.05, 0.1) is 6.61 Å². The van der Waals surface area contributed by atoms with Crippen LogP contribution in [0, 0.1) is 0 Å². The lowest BCUT2D eigenvalue weighted by molar-refractivity contribution is -0.139. The second-order valence-corrected chi connectivity index (χ2v) is 4.55. The standard InChI is InChI=1S/C13H16N2O2S/c16-12-11(7-9-17-12)15-13(18)14-8-6-10-4-2-1-3-5-10/h1-5,11H,6-9H2,(H2,14,15,18). The molecule has 0 spiro atoms. The lowest BCUT2D eigenvalue weighted by Gasteiger charge is -2.13. The minimum absolute atomic E-state index is 0.220. The second-order valence-electron chi connectivity index (χ2n) is 4.14. The van der Waals surface area contributed by atoms with Crippen LogP contribution in [0.5, 0.6) is 0 Å². The Kier molecular flexibility index (Phi) is 4.52. The number of carbonyl (C=O) groups is 1. The lowest BCUT2D eigenvalue weighted by atomic mass is 10.1. The number of hydrogen-bond acceptors (Lipinski definition) is 3. The van der Waals surface area contributed by atoms with Crippen LogP contribution in [0.4, 0.5) is 0 Å². The smallest absolute Gasteiger partial charge is 0.328 e. The molecule has 5 heteroatoms. The highest BCUT2D eigenvalue weighted by Gasteiger charge is 2.26. The van der Waals surface area contributed by atoms with Gasteiger partial charge in [0.25, 0.3) is 0 Å². The SMILES string of the molecule is O=C1OCCC1NC(=S)NCCc1ccccc1. The number of esters is 1. The Morgan fingerprint density at radius 2 is 2.17 bits per heavy atom. The molecule has 18 heavy (non-hydrogen) atoms. The average molecular weight is 264 g/mol. The van der Waals surface area contributed by atoms with E-state index in [0.717, 1.165) is 13.0 Å². The van der Waals surface area contributed by atoms with Gasteiger partial charge in [-0.2, -0.15) is 0 Å². The van der Waals surface area contributed by atoms with Crippen LogP contribution in [0.3, 0.4) is 0 Å². The first-order valence-electron chi connectivity index (χ1n) is 6.00. The highest BCUT2D eigenvalue weighted by atomic mass is 32.1. The Hall–Kier alpha value is -1.62. The number of benzene rings is 1. The van der Waals surface area contributed by atoms with Gasteiger partial charge in [-0.1, -0.05) is 30.3 Å². The van der Waals surface area contributed by atoms with Crippen molar-refractivity contribution in [1.82, 2.24) is 10.6 Å². The molecule has 1 aliphatic heterocycles. The first-order valence-corrected chi connectivity index (χ1v) is 6.41. The van der Waals surface area contributed by atoms with Gasteiger partial charge in [-0.3, -0.25) is 0 Å². The molecular formula is C13H16N2O2S. The van der Waals surface area contributed by atoms with Gasteiger partial charge in [0, 0.05) is 13.0 Å². The predicted octanol–water partition coefficient (Wildman–Crippen LogP) is 1.01. The summed E-state index contributed by atoms with van der Waals surface area (Å²) in [6.07, 6.45) is 1.58. The zero-order valence-corrected chi connectivity index (χ0v) is 10.8. The van der Waals surface area contributed by atoms with Crippen molar-refractivity contribution < 1.29 is 9.53 Å². The van der Waals surface area contributed by atoms with Crippen molar-refractivity contribution >= 4 is 23.3 Å². The topological polar surface area (TPSA) is 50.4 Å². The van der Waals surface area contributed by atoms with E-state index in [-0.39, 0.29) is 12.0 Å². The zero-order valence-electron chi connectivity index (χ0n) is 10.0. The molecule has 1 unspecified atom stereocenters. The molecule has 0 radical (unpaired) electrons. The predicted molar refractivity (Wildman–Crippen MR) is 73.2 cm³/mol. The van der Waals surface area contributed by atoms with Crippen LogP contribution in [-0.2, 0) is 16.0 Å². The highest BCUT2D eigenvalue weighted by Crippen LogP contribution is 2.05. The molecule has 1 aromatic carbocycles. The van der Waals surface area contributed by atoms with Crippen molar-refractivity contribution in [1.29, 1.82) is 0 Å². The summed E-state index contributed by atoms with van der Waals surface area (Å²) >= 11 is 5.13. The van der Waals surface area contributed by atoms with Crippen molar-refractivity contribution in [2.24, 2.45) is 0 Å². The van der Waals surface area contributed by atoms with E-state index in [4.69, 9.17) is 17.0 Å². The summed E-state index contributed by atoms with van der Waals surface area (Å²) in [6.45, 7) is 1.22. The quantitative estimate of drug-likeness (QED) is 0.628. The third-order valence-corrected chi connectivity index (χ3v) is 3.04. The van der Waals surface area contributed by atoms with E-state index in [1.54, 1.807) is 0 Å². The van der Waals surface area contributed by atoms with Crippen molar-refractivity contribution in [3.8, 4) is 0 Å². The van der Waals surface area contributed by atoms with Crippen molar-refractivity contribution in [2.45, 2.75) is 18.9 Å². The molecule has 0 aromatic heterocycles. The van der Waals surface area contributed by atoms with Crippen LogP contribution in [0.25, 0.3) is 0 Å². The van der Waals surface area contributed by atoms with Crippen LogP contribution in [0.1, 0.15) is 12.0 Å². The number of hydrogen-bond donors (Lipinski definition) is 2. The lowest BCUT2D eigenvalue weighted by Crippen LogP contribution is -2.44. The number of cyclic esters (lactones) is 1. The van der Waals surface area contributed by atoms with E-state index in [1.807, 2.05) is 18.2 Å². The molecule has 2 N–H and O–H groups in total. The first kappa shape index (κ1) is 12.8. The van der Waals surface area contributed by atoms with Gasteiger partial charge in [0.2, 0.25) is 0 Å². The van der Waals surface area contributed by atoms with Gasteiger partial charge >= 0.3 is 5.97 Å². The van der Waals surface area contributed by atoms with E-state index < -0.39 is 0 Å². The van der Waals surface area contributed by atoms with E-state index >= 15 is 0 Å². The normalized spacial score (nSPS) is 18.2. The van der Waals surface area contributed by atoms with Crippen molar-refractivity contribution in [3.05, 3.63) is 35.9 Å². The van der Waals surface area contributed by atoms with E-state index in [9.17, 15) is 4.79 Å². The molecule has 0 amide bonds. The molecule has 0 bridgehead atoms. The molecular weight excluding hydrogens is 248 g/mol. The van der Waals surface area contributed by atoms with Gasteiger partial charge in [0.1, 0.15) is 6.04 Å².